The average molecular weight is 598 g/mol. The molecular formula is C25H28FN3O7S3. The van der Waals surface area contributed by atoms with Gasteiger partial charge in [0.15, 0.2) is 14.6 Å². The summed E-state index contributed by atoms with van der Waals surface area (Å²) in [6.07, 6.45) is 2.31. The van der Waals surface area contributed by atoms with E-state index in [1.54, 1.807) is 10.6 Å². The summed E-state index contributed by atoms with van der Waals surface area (Å²) >= 11 is 2.28. The molecule has 4 rings (SSSR count). The number of aromatic nitrogens is 1. The van der Waals surface area contributed by atoms with Crippen molar-refractivity contribution in [3.05, 3.63) is 44.8 Å². The molecule has 0 radical (unpaired) electrons. The Morgan fingerprint density at radius 3 is 2.69 bits per heavy atom. The van der Waals surface area contributed by atoms with Crippen molar-refractivity contribution in [2.75, 3.05) is 37.6 Å². The molecule has 0 fully saturated rings. The second kappa shape index (κ2) is 12.1. The predicted octanol–water partition coefficient (Wildman–Crippen LogP) is 2.94. The zero-order chi connectivity index (χ0) is 28.3. The highest BCUT2D eigenvalue weighted by Crippen LogP contribution is 2.40. The molecule has 1 unspecified atom stereocenters. The number of thiophene rings is 1. The zero-order valence-electron chi connectivity index (χ0n) is 21.6. The third kappa shape index (κ3) is 6.80. The van der Waals surface area contributed by atoms with Crippen molar-refractivity contribution in [1.82, 2.24) is 4.57 Å². The Balaban J connectivity index is 1.51. The maximum Gasteiger partial charge on any atom is 0.341 e. The number of carbonyl (C=O) groups excluding carboxylic acids is 3. The van der Waals surface area contributed by atoms with Crippen LogP contribution >= 0.6 is 22.7 Å². The molecule has 0 aliphatic heterocycles. The fourth-order valence-electron chi connectivity index (χ4n) is 4.43. The lowest BCUT2D eigenvalue weighted by Crippen LogP contribution is -2.28. The summed E-state index contributed by atoms with van der Waals surface area (Å²) in [5.74, 6) is -4.41. The Morgan fingerprint density at radius 2 is 1.97 bits per heavy atom. The van der Waals surface area contributed by atoms with Gasteiger partial charge in [0, 0.05) is 18.5 Å². The molecule has 39 heavy (non-hydrogen) atoms. The molecule has 0 spiro atoms. The van der Waals surface area contributed by atoms with E-state index >= 15 is 0 Å². The van der Waals surface area contributed by atoms with Crippen molar-refractivity contribution in [3.63, 3.8) is 0 Å². The van der Waals surface area contributed by atoms with E-state index in [0.29, 0.717) is 35.7 Å². The number of hydrogen-bond acceptors (Lipinski definition) is 9. The number of hydrogen-bond donors (Lipinski definition) is 1. The van der Waals surface area contributed by atoms with Crippen LogP contribution in [0.1, 0.15) is 34.1 Å². The summed E-state index contributed by atoms with van der Waals surface area (Å²) in [6, 6.07) is 4.13. The smallest absolute Gasteiger partial charge is 0.341 e. The van der Waals surface area contributed by atoms with Crippen LogP contribution in [0.15, 0.2) is 23.2 Å². The summed E-state index contributed by atoms with van der Waals surface area (Å²) in [5.41, 5.74) is 1.70. The predicted molar refractivity (Wildman–Crippen MR) is 146 cm³/mol. The number of halogens is 1. The highest BCUT2D eigenvalue weighted by molar-refractivity contribution is 7.92. The number of ether oxygens (including phenoxy) is 2. The molecule has 10 nitrogen and oxygen atoms in total. The first-order valence-electron chi connectivity index (χ1n) is 12.1. The van der Waals surface area contributed by atoms with E-state index in [1.165, 1.54) is 37.7 Å². The lowest BCUT2D eigenvalue weighted by molar-refractivity contribution is -0.115. The molecule has 1 aliphatic rings. The summed E-state index contributed by atoms with van der Waals surface area (Å²) < 4.78 is 51.3. The standard InChI is InChI=1S/C25H28FN3O7S3/c1-14-4-6-16-18(10-14)37-23(22(16)24(32)36-3)27-20(30)12-39(33,34)13-21(31)28-25-29(8-9-35-2)17-7-5-15(26)11-19(17)38-25/h5,7,11,14H,4,6,8-10,12-13H2,1-3H3,(H,27,30). The molecule has 0 saturated carbocycles. The SMILES string of the molecule is COCCn1c(=NC(=O)CS(=O)(=O)CC(=O)Nc2sc3c(c2C(=O)OC)CCC(C)C3)sc2cc(F)ccc21. The number of rotatable bonds is 9. The third-order valence-electron chi connectivity index (χ3n) is 6.23. The quantitative estimate of drug-likeness (QED) is 0.375. The number of nitrogens with zero attached hydrogens (tertiary/aromatic N) is 2. The van der Waals surface area contributed by atoms with E-state index in [2.05, 4.69) is 17.2 Å². The second-order valence-electron chi connectivity index (χ2n) is 9.27. The summed E-state index contributed by atoms with van der Waals surface area (Å²) in [6.45, 7) is 2.71. The molecule has 3 aromatic rings. The number of nitrogens with one attached hydrogen (secondary N) is 1. The number of thiazole rings is 1. The summed E-state index contributed by atoms with van der Waals surface area (Å²) in [5, 5.41) is 2.78. The number of carbonyl (C=O) groups is 3. The van der Waals surface area contributed by atoms with Crippen LogP contribution in [-0.4, -0.2) is 63.1 Å². The van der Waals surface area contributed by atoms with Gasteiger partial charge in [0.05, 0.1) is 29.5 Å². The third-order valence-corrected chi connectivity index (χ3v) is 9.83. The molecular weight excluding hydrogens is 569 g/mol. The van der Waals surface area contributed by atoms with Crippen LogP contribution in [0.3, 0.4) is 0 Å². The van der Waals surface area contributed by atoms with Gasteiger partial charge in [-0.25, -0.2) is 17.6 Å². The van der Waals surface area contributed by atoms with E-state index in [1.807, 2.05) is 0 Å². The number of methoxy groups -OCH3 is 2. The minimum absolute atomic E-state index is 0.193. The van der Waals surface area contributed by atoms with Crippen molar-refractivity contribution in [2.24, 2.45) is 10.9 Å². The van der Waals surface area contributed by atoms with Crippen LogP contribution in [0.4, 0.5) is 9.39 Å². The van der Waals surface area contributed by atoms with Crippen LogP contribution in [0, 0.1) is 11.7 Å². The molecule has 1 aliphatic carbocycles. The summed E-state index contributed by atoms with van der Waals surface area (Å²) in [4.78, 5) is 42.9. The normalized spacial score (nSPS) is 15.8. The van der Waals surface area contributed by atoms with E-state index in [9.17, 15) is 27.2 Å². The fraction of sp³-hybridized carbons (Fsp3) is 0.440. The van der Waals surface area contributed by atoms with Crippen molar-refractivity contribution >= 4 is 65.5 Å². The molecule has 1 aromatic carbocycles. The summed E-state index contributed by atoms with van der Waals surface area (Å²) in [7, 11) is -1.44. The van der Waals surface area contributed by atoms with Gasteiger partial charge in [-0.1, -0.05) is 18.3 Å². The highest BCUT2D eigenvalue weighted by atomic mass is 32.2. The monoisotopic (exact) mass is 597 g/mol. The molecule has 2 aromatic heterocycles. The highest BCUT2D eigenvalue weighted by Gasteiger charge is 2.30. The van der Waals surface area contributed by atoms with Crippen LogP contribution in [-0.2, 0) is 48.3 Å². The first-order valence-corrected chi connectivity index (χ1v) is 15.5. The number of anilines is 1. The Morgan fingerprint density at radius 1 is 1.21 bits per heavy atom. The number of fused-ring (bicyclic) bond motifs is 2. The number of benzene rings is 1. The first kappa shape index (κ1) is 29.1. The Bertz CT molecular complexity index is 1600. The lowest BCUT2D eigenvalue weighted by atomic mass is 9.88. The fourth-order valence-corrected chi connectivity index (χ4v) is 7.96. The van der Waals surface area contributed by atoms with E-state index in [-0.39, 0.29) is 15.4 Å². The van der Waals surface area contributed by atoms with Crippen molar-refractivity contribution in [2.45, 2.75) is 32.7 Å². The van der Waals surface area contributed by atoms with E-state index < -0.39 is 44.9 Å². The van der Waals surface area contributed by atoms with Gasteiger partial charge in [-0.3, -0.25) is 9.59 Å². The molecule has 0 saturated heterocycles. The van der Waals surface area contributed by atoms with E-state index in [0.717, 1.165) is 34.6 Å². The van der Waals surface area contributed by atoms with Crippen LogP contribution in [0.5, 0.6) is 0 Å². The van der Waals surface area contributed by atoms with Gasteiger partial charge in [0.25, 0.3) is 5.91 Å². The Labute approximate surface area is 232 Å². The van der Waals surface area contributed by atoms with Crippen LogP contribution in [0.25, 0.3) is 10.2 Å². The molecule has 14 heteroatoms. The van der Waals surface area contributed by atoms with Gasteiger partial charge < -0.3 is 19.4 Å². The first-order chi connectivity index (χ1) is 18.5. The zero-order valence-corrected chi connectivity index (χ0v) is 24.1. The van der Waals surface area contributed by atoms with Crippen molar-refractivity contribution < 1.29 is 36.7 Å². The van der Waals surface area contributed by atoms with Crippen LogP contribution in [0.2, 0.25) is 0 Å². The minimum atomic E-state index is -4.19. The number of sulfone groups is 1. The molecule has 2 amide bonds. The largest absolute Gasteiger partial charge is 0.465 e. The van der Waals surface area contributed by atoms with Gasteiger partial charge >= 0.3 is 5.97 Å². The van der Waals surface area contributed by atoms with Gasteiger partial charge in [-0.05, 0) is 48.9 Å². The molecule has 1 N–H and O–H groups in total. The number of esters is 1. The molecule has 0 bridgehead atoms. The maximum atomic E-state index is 13.7. The minimum Gasteiger partial charge on any atom is -0.465 e. The van der Waals surface area contributed by atoms with Gasteiger partial charge in [0.1, 0.15) is 22.3 Å². The maximum absolute atomic E-state index is 13.7. The number of amides is 2. The van der Waals surface area contributed by atoms with Crippen molar-refractivity contribution in [3.8, 4) is 0 Å². The van der Waals surface area contributed by atoms with Crippen LogP contribution < -0.4 is 10.1 Å². The van der Waals surface area contributed by atoms with Gasteiger partial charge in [0.2, 0.25) is 5.91 Å². The molecule has 2 heterocycles. The van der Waals surface area contributed by atoms with Gasteiger partial charge in [-0.2, -0.15) is 4.99 Å². The van der Waals surface area contributed by atoms with E-state index in [4.69, 9.17) is 9.47 Å². The molecule has 210 valence electrons. The van der Waals surface area contributed by atoms with Gasteiger partial charge in [-0.15, -0.1) is 11.3 Å². The van der Waals surface area contributed by atoms with Crippen molar-refractivity contribution in [1.29, 1.82) is 0 Å². The second-order valence-corrected chi connectivity index (χ2v) is 13.5. The molecule has 1 atom stereocenters. The lowest BCUT2D eigenvalue weighted by Gasteiger charge is -2.18. The topological polar surface area (TPSA) is 133 Å². The Hall–Kier alpha value is -2.94. The average Bonchev–Trinajstić information content (AvgIpc) is 3.36. The Kier molecular flexibility index (Phi) is 8.99.